The fourth-order valence-electron chi connectivity index (χ4n) is 3.41. The maximum Gasteiger partial charge on any atom is 0.226 e. The number of hydrogen-bond donors (Lipinski definition) is 1. The summed E-state index contributed by atoms with van der Waals surface area (Å²) in [5, 5.41) is 10.5. The Morgan fingerprint density at radius 2 is 2.24 bits per heavy atom. The van der Waals surface area contributed by atoms with Crippen molar-refractivity contribution in [1.82, 2.24) is 4.90 Å². The van der Waals surface area contributed by atoms with Gasteiger partial charge >= 0.3 is 0 Å². The van der Waals surface area contributed by atoms with Crippen molar-refractivity contribution in [3.05, 3.63) is 29.3 Å². The van der Waals surface area contributed by atoms with Gasteiger partial charge in [-0.05, 0) is 37.0 Å². The van der Waals surface area contributed by atoms with Crippen LogP contribution in [0.1, 0.15) is 19.3 Å². The zero-order chi connectivity index (χ0) is 14.8. The van der Waals surface area contributed by atoms with Crippen LogP contribution in [0.25, 0.3) is 0 Å². The Balaban J connectivity index is 1.45. The number of benzene rings is 1. The highest BCUT2D eigenvalue weighted by atomic mass is 35.5. The highest BCUT2D eigenvalue weighted by Crippen LogP contribution is 2.38. The van der Waals surface area contributed by atoms with Crippen LogP contribution in [0, 0.1) is 11.8 Å². The van der Waals surface area contributed by atoms with Crippen molar-refractivity contribution in [2.75, 3.05) is 19.7 Å². The second-order valence-corrected chi connectivity index (χ2v) is 6.36. The molecule has 0 bridgehead atoms. The maximum absolute atomic E-state index is 12.2. The summed E-state index contributed by atoms with van der Waals surface area (Å²) < 4.78 is 5.55. The lowest BCUT2D eigenvalue weighted by atomic mass is 10.00. The van der Waals surface area contributed by atoms with Gasteiger partial charge in [-0.3, -0.25) is 4.79 Å². The zero-order valence-electron chi connectivity index (χ0n) is 11.9. The first kappa shape index (κ1) is 14.7. The van der Waals surface area contributed by atoms with E-state index >= 15 is 0 Å². The maximum atomic E-state index is 12.2. The SMILES string of the molecule is O=C(CCOc1cccc(Cl)c1)N1CC2CCC(O)C2C1. The van der Waals surface area contributed by atoms with E-state index in [0.717, 1.165) is 19.4 Å². The largest absolute Gasteiger partial charge is 0.493 e. The van der Waals surface area contributed by atoms with Crippen LogP contribution in [0.5, 0.6) is 5.75 Å². The van der Waals surface area contributed by atoms with E-state index in [0.29, 0.717) is 36.3 Å². The summed E-state index contributed by atoms with van der Waals surface area (Å²) in [6, 6.07) is 7.17. The molecule has 1 heterocycles. The molecule has 3 rings (SSSR count). The third-order valence-electron chi connectivity index (χ3n) is 4.55. The molecule has 0 radical (unpaired) electrons. The first-order valence-electron chi connectivity index (χ1n) is 7.47. The van der Waals surface area contributed by atoms with Gasteiger partial charge in [0, 0.05) is 24.0 Å². The monoisotopic (exact) mass is 309 g/mol. The Hall–Kier alpha value is -1.26. The molecule has 1 aromatic carbocycles. The lowest BCUT2D eigenvalue weighted by Crippen LogP contribution is -2.31. The molecule has 5 heteroatoms. The predicted octanol–water partition coefficient (Wildman–Crippen LogP) is 2.34. The highest BCUT2D eigenvalue weighted by Gasteiger charge is 2.42. The van der Waals surface area contributed by atoms with E-state index in [1.165, 1.54) is 0 Å². The molecule has 0 aromatic heterocycles. The summed E-state index contributed by atoms with van der Waals surface area (Å²) in [4.78, 5) is 14.1. The van der Waals surface area contributed by atoms with Gasteiger partial charge in [-0.15, -0.1) is 0 Å². The van der Waals surface area contributed by atoms with Gasteiger partial charge < -0.3 is 14.7 Å². The Labute approximate surface area is 129 Å². The van der Waals surface area contributed by atoms with Crippen LogP contribution >= 0.6 is 11.6 Å². The minimum atomic E-state index is -0.226. The highest BCUT2D eigenvalue weighted by molar-refractivity contribution is 6.30. The van der Waals surface area contributed by atoms with Crippen LogP contribution in [-0.2, 0) is 4.79 Å². The number of nitrogens with zero attached hydrogens (tertiary/aromatic N) is 1. The van der Waals surface area contributed by atoms with Crippen molar-refractivity contribution in [3.63, 3.8) is 0 Å². The molecule has 21 heavy (non-hydrogen) atoms. The van der Waals surface area contributed by atoms with Gasteiger partial charge in [-0.1, -0.05) is 17.7 Å². The minimum Gasteiger partial charge on any atom is -0.493 e. The fraction of sp³-hybridized carbons (Fsp3) is 0.562. The van der Waals surface area contributed by atoms with Gasteiger partial charge in [0.05, 0.1) is 19.1 Å². The minimum absolute atomic E-state index is 0.110. The summed E-state index contributed by atoms with van der Waals surface area (Å²) >= 11 is 5.88. The van der Waals surface area contributed by atoms with Crippen LogP contribution in [0.2, 0.25) is 5.02 Å². The number of fused-ring (bicyclic) bond motifs is 1. The lowest BCUT2D eigenvalue weighted by molar-refractivity contribution is -0.131. The van der Waals surface area contributed by atoms with Gasteiger partial charge in [0.25, 0.3) is 0 Å². The predicted molar refractivity (Wildman–Crippen MR) is 80.4 cm³/mol. The van der Waals surface area contributed by atoms with Gasteiger partial charge in [0.1, 0.15) is 5.75 Å². The number of aliphatic hydroxyl groups is 1. The summed E-state index contributed by atoms with van der Waals surface area (Å²) in [7, 11) is 0. The van der Waals surface area contributed by atoms with Gasteiger partial charge in [0.15, 0.2) is 0 Å². The molecule has 2 aliphatic rings. The Kier molecular flexibility index (Phi) is 4.36. The van der Waals surface area contributed by atoms with E-state index in [2.05, 4.69) is 0 Å². The second-order valence-electron chi connectivity index (χ2n) is 5.92. The molecule has 1 N–H and O–H groups in total. The van der Waals surface area contributed by atoms with E-state index in [9.17, 15) is 9.90 Å². The van der Waals surface area contributed by atoms with Crippen molar-refractivity contribution in [3.8, 4) is 5.75 Å². The molecule has 1 aliphatic heterocycles. The average Bonchev–Trinajstić information content (AvgIpc) is 3.02. The van der Waals surface area contributed by atoms with Crippen molar-refractivity contribution in [2.24, 2.45) is 11.8 Å². The van der Waals surface area contributed by atoms with E-state index in [1.54, 1.807) is 12.1 Å². The number of halogens is 1. The molecule has 114 valence electrons. The molecule has 1 aliphatic carbocycles. The molecule has 1 aromatic rings. The Morgan fingerprint density at radius 3 is 3.00 bits per heavy atom. The number of ether oxygens (including phenoxy) is 1. The zero-order valence-corrected chi connectivity index (χ0v) is 12.6. The van der Waals surface area contributed by atoms with Crippen LogP contribution in [-0.4, -0.2) is 41.7 Å². The van der Waals surface area contributed by atoms with Crippen LogP contribution in [0.4, 0.5) is 0 Å². The van der Waals surface area contributed by atoms with Crippen LogP contribution in [0.15, 0.2) is 24.3 Å². The molecule has 2 fully saturated rings. The number of rotatable bonds is 4. The Bertz CT molecular complexity index is 522. The number of carbonyl (C=O) groups is 1. The third-order valence-corrected chi connectivity index (χ3v) is 4.79. The molecule has 1 saturated carbocycles. The summed E-state index contributed by atoms with van der Waals surface area (Å²) in [5.41, 5.74) is 0. The van der Waals surface area contributed by atoms with Crippen LogP contribution < -0.4 is 4.74 Å². The fourth-order valence-corrected chi connectivity index (χ4v) is 3.59. The molecule has 4 nitrogen and oxygen atoms in total. The smallest absolute Gasteiger partial charge is 0.226 e. The first-order chi connectivity index (χ1) is 10.1. The Morgan fingerprint density at radius 1 is 1.38 bits per heavy atom. The topological polar surface area (TPSA) is 49.8 Å². The number of aliphatic hydroxyl groups excluding tert-OH is 1. The first-order valence-corrected chi connectivity index (χ1v) is 7.85. The lowest BCUT2D eigenvalue weighted by Gasteiger charge is -2.18. The summed E-state index contributed by atoms with van der Waals surface area (Å²) in [5.74, 6) is 1.56. The quantitative estimate of drug-likeness (QED) is 0.929. The van der Waals surface area contributed by atoms with Crippen molar-refractivity contribution < 1.29 is 14.6 Å². The van der Waals surface area contributed by atoms with Crippen LogP contribution in [0.3, 0.4) is 0 Å². The van der Waals surface area contributed by atoms with Crippen molar-refractivity contribution in [1.29, 1.82) is 0 Å². The average molecular weight is 310 g/mol. The van der Waals surface area contributed by atoms with E-state index in [1.807, 2.05) is 17.0 Å². The van der Waals surface area contributed by atoms with Gasteiger partial charge in [0.2, 0.25) is 5.91 Å². The molecule has 0 spiro atoms. The second kappa shape index (κ2) is 6.24. The normalized spacial score (nSPS) is 27.7. The van der Waals surface area contributed by atoms with Gasteiger partial charge in [-0.25, -0.2) is 0 Å². The summed E-state index contributed by atoms with van der Waals surface area (Å²) in [6.07, 6.45) is 2.06. The molecule has 3 unspecified atom stereocenters. The standard InChI is InChI=1S/C16H20ClNO3/c17-12-2-1-3-13(8-12)21-7-6-16(20)18-9-11-4-5-15(19)14(11)10-18/h1-3,8,11,14-15,19H,4-7,9-10H2. The molecule has 1 amide bonds. The summed E-state index contributed by atoms with van der Waals surface area (Å²) in [6.45, 7) is 1.84. The number of carbonyl (C=O) groups excluding carboxylic acids is 1. The van der Waals surface area contributed by atoms with Crippen molar-refractivity contribution >= 4 is 17.5 Å². The number of likely N-dealkylation sites (tertiary alicyclic amines) is 1. The molecule has 1 saturated heterocycles. The number of amides is 1. The van der Waals surface area contributed by atoms with E-state index in [4.69, 9.17) is 16.3 Å². The molecular weight excluding hydrogens is 290 g/mol. The van der Waals surface area contributed by atoms with Gasteiger partial charge in [-0.2, -0.15) is 0 Å². The number of hydrogen-bond acceptors (Lipinski definition) is 3. The molecule has 3 atom stereocenters. The van der Waals surface area contributed by atoms with Crippen molar-refractivity contribution in [2.45, 2.75) is 25.4 Å². The van der Waals surface area contributed by atoms with E-state index < -0.39 is 0 Å². The molecular formula is C16H20ClNO3. The third kappa shape index (κ3) is 3.33. The van der Waals surface area contributed by atoms with E-state index in [-0.39, 0.29) is 17.9 Å².